The predicted octanol–water partition coefficient (Wildman–Crippen LogP) is 5.43. The topological polar surface area (TPSA) is 169 Å². The number of allylic oxidation sites excluding steroid dienone is 2. The number of unbranched alkanes of at least 4 members (excludes halogenated alkanes) is 11. The van der Waals surface area contributed by atoms with Gasteiger partial charge in [0.15, 0.2) is 6.04 Å². The SMILES string of the molecule is CCCC/C=C\CCCCCCCC(=O)NC(COP(=O)(O)OCC(O)COC(=O)CCCCCCC)C(=O)O. The van der Waals surface area contributed by atoms with Crippen LogP contribution in [0.15, 0.2) is 12.2 Å². The third-order valence-corrected chi connectivity index (χ3v) is 7.01. The maximum atomic E-state index is 12.1. The standard InChI is InChI=1S/C28H52NO10P/c1-3-5-7-9-10-11-12-13-14-16-17-19-26(31)29-25(28(33)34)23-39-40(35,36)38-22-24(30)21-37-27(32)20-18-15-8-6-4-2/h9-10,24-25,30H,3-8,11-23H2,1-2H3,(H,29,31)(H,33,34)(H,35,36)/b10-9-. The van der Waals surface area contributed by atoms with Gasteiger partial charge in [-0.05, 0) is 32.1 Å². The molecule has 12 heteroatoms. The molecule has 0 aliphatic heterocycles. The first kappa shape index (κ1) is 38.2. The smallest absolute Gasteiger partial charge is 0.472 e. The Bertz CT molecular complexity index is 761. The van der Waals surface area contributed by atoms with Crippen LogP contribution < -0.4 is 5.32 Å². The van der Waals surface area contributed by atoms with Crippen LogP contribution in [0, 0.1) is 0 Å². The van der Waals surface area contributed by atoms with Crippen LogP contribution in [0.4, 0.5) is 0 Å². The third-order valence-electron chi connectivity index (χ3n) is 6.05. The Labute approximate surface area is 239 Å². The minimum Gasteiger partial charge on any atom is -0.480 e. The van der Waals surface area contributed by atoms with Gasteiger partial charge in [0.25, 0.3) is 0 Å². The number of carbonyl (C=O) groups is 3. The van der Waals surface area contributed by atoms with Crippen LogP contribution in [0.3, 0.4) is 0 Å². The van der Waals surface area contributed by atoms with Gasteiger partial charge in [0.2, 0.25) is 5.91 Å². The number of rotatable bonds is 27. The molecule has 0 heterocycles. The van der Waals surface area contributed by atoms with Crippen LogP contribution in [-0.4, -0.2) is 64.9 Å². The Morgan fingerprint density at radius 2 is 1.32 bits per heavy atom. The van der Waals surface area contributed by atoms with E-state index in [2.05, 4.69) is 35.8 Å². The molecule has 1 amide bonds. The lowest BCUT2D eigenvalue weighted by Gasteiger charge is -2.18. The Kier molecular flexibility index (Phi) is 23.9. The van der Waals surface area contributed by atoms with Crippen LogP contribution in [0.1, 0.15) is 117 Å². The Balaban J connectivity index is 4.12. The molecule has 0 fully saturated rings. The van der Waals surface area contributed by atoms with Gasteiger partial charge in [-0.15, -0.1) is 0 Å². The Morgan fingerprint density at radius 1 is 0.775 bits per heavy atom. The molecule has 0 aliphatic rings. The number of aliphatic hydroxyl groups is 1. The van der Waals surface area contributed by atoms with Gasteiger partial charge in [0.05, 0.1) is 13.2 Å². The number of carbonyl (C=O) groups excluding carboxylic acids is 2. The lowest BCUT2D eigenvalue weighted by molar-refractivity contribution is -0.147. The molecule has 4 N–H and O–H groups in total. The van der Waals surface area contributed by atoms with Crippen LogP contribution in [0.2, 0.25) is 0 Å². The molecule has 3 unspecified atom stereocenters. The van der Waals surface area contributed by atoms with Crippen molar-refractivity contribution in [3.63, 3.8) is 0 Å². The molecule has 11 nitrogen and oxygen atoms in total. The summed E-state index contributed by atoms with van der Waals surface area (Å²) in [6.45, 7) is 2.37. The van der Waals surface area contributed by atoms with Gasteiger partial charge in [-0.25, -0.2) is 9.36 Å². The molecule has 0 aromatic heterocycles. The highest BCUT2D eigenvalue weighted by Crippen LogP contribution is 2.43. The summed E-state index contributed by atoms with van der Waals surface area (Å²) in [5, 5.41) is 21.5. The summed E-state index contributed by atoms with van der Waals surface area (Å²) in [5.74, 6) is -2.40. The second-order valence-electron chi connectivity index (χ2n) is 9.94. The highest BCUT2D eigenvalue weighted by Gasteiger charge is 2.28. The number of phosphoric acid groups is 1. The van der Waals surface area contributed by atoms with Gasteiger partial charge in [-0.2, -0.15) is 0 Å². The normalized spacial score (nSPS) is 14.5. The van der Waals surface area contributed by atoms with E-state index < -0.39 is 57.6 Å². The Morgan fingerprint density at radius 3 is 1.98 bits per heavy atom. The minimum atomic E-state index is -4.73. The number of esters is 1. The molecule has 0 rings (SSSR count). The number of amides is 1. The molecule has 0 radical (unpaired) electrons. The lowest BCUT2D eigenvalue weighted by Crippen LogP contribution is -2.43. The van der Waals surface area contributed by atoms with Gasteiger partial charge < -0.3 is 25.2 Å². The lowest BCUT2D eigenvalue weighted by atomic mass is 10.1. The van der Waals surface area contributed by atoms with Crippen LogP contribution in [-0.2, 0) is 32.7 Å². The van der Waals surface area contributed by atoms with Crippen molar-refractivity contribution in [1.29, 1.82) is 0 Å². The van der Waals surface area contributed by atoms with E-state index in [1.807, 2.05) is 0 Å². The van der Waals surface area contributed by atoms with Crippen LogP contribution in [0.25, 0.3) is 0 Å². The van der Waals surface area contributed by atoms with E-state index in [1.165, 1.54) is 12.8 Å². The van der Waals surface area contributed by atoms with Crippen molar-refractivity contribution in [1.82, 2.24) is 5.32 Å². The number of carboxylic acids is 1. The fourth-order valence-corrected chi connectivity index (χ4v) is 4.42. The molecule has 0 saturated carbocycles. The number of hydrogen-bond donors (Lipinski definition) is 4. The maximum Gasteiger partial charge on any atom is 0.472 e. The summed E-state index contributed by atoms with van der Waals surface area (Å²) in [6, 6.07) is -1.54. The molecule has 0 aliphatic carbocycles. The monoisotopic (exact) mass is 593 g/mol. The number of aliphatic carboxylic acids is 1. The van der Waals surface area contributed by atoms with E-state index in [0.717, 1.165) is 64.2 Å². The molecule has 234 valence electrons. The van der Waals surface area contributed by atoms with E-state index in [1.54, 1.807) is 0 Å². The van der Waals surface area contributed by atoms with Gasteiger partial charge >= 0.3 is 19.8 Å². The minimum absolute atomic E-state index is 0.137. The molecule has 0 saturated heterocycles. The first-order valence-corrected chi connectivity index (χ1v) is 16.2. The number of nitrogens with one attached hydrogen (secondary N) is 1. The molecular formula is C28H52NO10P. The summed E-state index contributed by atoms with van der Waals surface area (Å²) in [5.41, 5.74) is 0. The largest absolute Gasteiger partial charge is 0.480 e. The number of hydrogen-bond acceptors (Lipinski definition) is 8. The fourth-order valence-electron chi connectivity index (χ4n) is 3.65. The van der Waals surface area contributed by atoms with E-state index in [9.17, 15) is 34.1 Å². The average molecular weight is 594 g/mol. The zero-order chi connectivity index (χ0) is 30.1. The zero-order valence-corrected chi connectivity index (χ0v) is 25.3. The maximum absolute atomic E-state index is 12.1. The second kappa shape index (κ2) is 25.0. The highest BCUT2D eigenvalue weighted by atomic mass is 31.2. The van der Waals surface area contributed by atoms with Crippen molar-refractivity contribution < 1.29 is 47.8 Å². The summed E-state index contributed by atoms with van der Waals surface area (Å²) in [4.78, 5) is 45.1. The zero-order valence-electron chi connectivity index (χ0n) is 24.4. The molecule has 0 spiro atoms. The van der Waals surface area contributed by atoms with Crippen LogP contribution in [0.5, 0.6) is 0 Å². The van der Waals surface area contributed by atoms with E-state index in [4.69, 9.17) is 9.26 Å². The molecule has 0 aromatic rings. The quantitative estimate of drug-likeness (QED) is 0.0417. The number of phosphoric ester groups is 1. The molecule has 0 bridgehead atoms. The van der Waals surface area contributed by atoms with Crippen molar-refractivity contribution >= 4 is 25.7 Å². The molecule has 0 aromatic carbocycles. The third kappa shape index (κ3) is 24.1. The molecule has 40 heavy (non-hydrogen) atoms. The van der Waals surface area contributed by atoms with Gasteiger partial charge in [-0.3, -0.25) is 18.6 Å². The molecular weight excluding hydrogens is 541 g/mol. The summed E-state index contributed by atoms with van der Waals surface area (Å²) in [7, 11) is -4.73. The van der Waals surface area contributed by atoms with E-state index >= 15 is 0 Å². The summed E-state index contributed by atoms with van der Waals surface area (Å²) in [6.07, 6.45) is 17.4. The first-order valence-electron chi connectivity index (χ1n) is 14.7. The van der Waals surface area contributed by atoms with Crippen LogP contribution >= 0.6 is 7.82 Å². The van der Waals surface area contributed by atoms with Gasteiger partial charge in [-0.1, -0.05) is 83.8 Å². The molecule has 3 atom stereocenters. The van der Waals surface area contributed by atoms with Crippen molar-refractivity contribution in [2.75, 3.05) is 19.8 Å². The first-order chi connectivity index (χ1) is 19.1. The van der Waals surface area contributed by atoms with Gasteiger partial charge in [0.1, 0.15) is 12.7 Å². The van der Waals surface area contributed by atoms with E-state index in [-0.39, 0.29) is 12.8 Å². The van der Waals surface area contributed by atoms with Crippen molar-refractivity contribution in [3.8, 4) is 0 Å². The summed E-state index contributed by atoms with van der Waals surface area (Å²) < 4.78 is 26.3. The van der Waals surface area contributed by atoms with Gasteiger partial charge in [0, 0.05) is 12.8 Å². The van der Waals surface area contributed by atoms with E-state index in [0.29, 0.717) is 12.8 Å². The fraction of sp³-hybridized carbons (Fsp3) is 0.821. The van der Waals surface area contributed by atoms with Crippen molar-refractivity contribution in [2.24, 2.45) is 0 Å². The highest BCUT2D eigenvalue weighted by molar-refractivity contribution is 7.47. The number of aliphatic hydroxyl groups excluding tert-OH is 1. The predicted molar refractivity (Wildman–Crippen MR) is 153 cm³/mol. The number of ether oxygens (including phenoxy) is 1. The average Bonchev–Trinajstić information content (AvgIpc) is 2.91. The summed E-state index contributed by atoms with van der Waals surface area (Å²) >= 11 is 0. The van der Waals surface area contributed by atoms with Crippen molar-refractivity contribution in [2.45, 2.75) is 129 Å². The van der Waals surface area contributed by atoms with Crippen molar-refractivity contribution in [3.05, 3.63) is 12.2 Å². The Hall–Kier alpha value is -1.78. The number of carboxylic acid groups (broad SMARTS) is 1. The second-order valence-corrected chi connectivity index (χ2v) is 11.4.